The van der Waals surface area contributed by atoms with Gasteiger partial charge in [0, 0.05) is 25.6 Å². The molecule has 0 heterocycles. The summed E-state index contributed by atoms with van der Waals surface area (Å²) < 4.78 is 13.0. The van der Waals surface area contributed by atoms with Crippen LogP contribution in [-0.2, 0) is 9.59 Å². The van der Waals surface area contributed by atoms with E-state index in [0.717, 1.165) is 11.1 Å². The summed E-state index contributed by atoms with van der Waals surface area (Å²) in [7, 11) is 0. The molecule has 4 nitrogen and oxygen atoms in total. The molecule has 1 N–H and O–H groups in total. The third kappa shape index (κ3) is 5.03. The van der Waals surface area contributed by atoms with Crippen LogP contribution in [0.15, 0.2) is 36.4 Å². The fourth-order valence-corrected chi connectivity index (χ4v) is 2.95. The summed E-state index contributed by atoms with van der Waals surface area (Å²) in [6.07, 6.45) is 0.0978. The molecule has 0 aliphatic rings. The molecule has 2 amide bonds. The number of aryl methyl sites for hydroxylation is 2. The molecule has 0 saturated carbocycles. The van der Waals surface area contributed by atoms with Crippen LogP contribution in [0.1, 0.15) is 24.5 Å². The first kappa shape index (κ1) is 18.9. The van der Waals surface area contributed by atoms with Crippen molar-refractivity contribution in [3.05, 3.63) is 58.4 Å². The van der Waals surface area contributed by atoms with Crippen molar-refractivity contribution >= 4 is 34.8 Å². The average Bonchev–Trinajstić information content (AvgIpc) is 2.52. The molecule has 2 rings (SSSR count). The van der Waals surface area contributed by atoms with Crippen molar-refractivity contribution in [2.45, 2.75) is 27.2 Å². The van der Waals surface area contributed by atoms with Crippen molar-refractivity contribution in [3.63, 3.8) is 0 Å². The molecule has 0 aliphatic carbocycles. The van der Waals surface area contributed by atoms with Gasteiger partial charge in [-0.25, -0.2) is 4.39 Å². The minimum absolute atomic E-state index is 0.0978. The minimum Gasteiger partial charge on any atom is -0.324 e. The van der Waals surface area contributed by atoms with Crippen LogP contribution in [0.2, 0.25) is 5.02 Å². The van der Waals surface area contributed by atoms with Gasteiger partial charge in [-0.05, 0) is 55.3 Å². The Hall–Kier alpha value is -2.40. The van der Waals surface area contributed by atoms with Crippen molar-refractivity contribution in [1.82, 2.24) is 0 Å². The molecule has 0 fully saturated rings. The number of carbonyl (C=O) groups excluding carboxylic acids is 2. The number of hydrogen-bond donors (Lipinski definition) is 1. The zero-order chi connectivity index (χ0) is 18.6. The van der Waals surface area contributed by atoms with Gasteiger partial charge in [-0.15, -0.1) is 0 Å². The number of anilines is 2. The normalized spacial score (nSPS) is 10.4. The van der Waals surface area contributed by atoms with E-state index < -0.39 is 0 Å². The maximum absolute atomic E-state index is 13.0. The Morgan fingerprint density at radius 2 is 1.80 bits per heavy atom. The third-order valence-electron chi connectivity index (χ3n) is 3.78. The minimum atomic E-state index is -0.380. The van der Waals surface area contributed by atoms with Gasteiger partial charge >= 0.3 is 0 Å². The van der Waals surface area contributed by atoms with Gasteiger partial charge in [-0.1, -0.05) is 17.7 Å². The number of rotatable bonds is 5. The summed E-state index contributed by atoms with van der Waals surface area (Å²) in [6.45, 7) is 5.39. The Kier molecular flexibility index (Phi) is 6.15. The first-order valence-corrected chi connectivity index (χ1v) is 8.26. The van der Waals surface area contributed by atoms with E-state index in [-0.39, 0.29) is 30.6 Å². The number of carbonyl (C=O) groups is 2. The predicted molar refractivity (Wildman–Crippen MR) is 98.6 cm³/mol. The number of hydrogen-bond acceptors (Lipinski definition) is 2. The quantitative estimate of drug-likeness (QED) is 0.852. The molecule has 2 aromatic rings. The standard InChI is InChI=1S/C19H20ClFN2O2/c1-12-10-13(2)19(17(20)11-12)22-18(25)8-9-23(14(3)24)16-6-4-15(21)5-7-16/h4-7,10-11H,8-9H2,1-3H3,(H,22,25). The molecule has 0 aromatic heterocycles. The molecule has 0 radical (unpaired) electrons. The van der Waals surface area contributed by atoms with E-state index in [0.29, 0.717) is 16.4 Å². The van der Waals surface area contributed by atoms with Crippen molar-refractivity contribution in [2.75, 3.05) is 16.8 Å². The first-order valence-electron chi connectivity index (χ1n) is 7.88. The van der Waals surface area contributed by atoms with Crippen LogP contribution in [-0.4, -0.2) is 18.4 Å². The highest BCUT2D eigenvalue weighted by atomic mass is 35.5. The van der Waals surface area contributed by atoms with E-state index in [2.05, 4.69) is 5.32 Å². The smallest absolute Gasteiger partial charge is 0.226 e. The molecule has 6 heteroatoms. The van der Waals surface area contributed by atoms with Crippen LogP contribution in [0.5, 0.6) is 0 Å². The lowest BCUT2D eigenvalue weighted by atomic mass is 10.1. The third-order valence-corrected chi connectivity index (χ3v) is 4.08. The second-order valence-electron chi connectivity index (χ2n) is 5.88. The molecule has 0 saturated heterocycles. The predicted octanol–water partition coefficient (Wildman–Crippen LogP) is 4.48. The molecule has 0 spiro atoms. The van der Waals surface area contributed by atoms with Gasteiger partial charge in [0.2, 0.25) is 11.8 Å². The summed E-state index contributed by atoms with van der Waals surface area (Å²) in [5.41, 5.74) is 3.01. The molecule has 2 aromatic carbocycles. The fourth-order valence-electron chi connectivity index (χ4n) is 2.58. The van der Waals surface area contributed by atoms with Crippen LogP contribution >= 0.6 is 11.6 Å². The zero-order valence-corrected chi connectivity index (χ0v) is 15.2. The summed E-state index contributed by atoms with van der Waals surface area (Å²) in [4.78, 5) is 25.5. The van der Waals surface area contributed by atoms with Crippen molar-refractivity contribution < 1.29 is 14.0 Å². The highest BCUT2D eigenvalue weighted by molar-refractivity contribution is 6.34. The molecule has 0 unspecified atom stereocenters. The van der Waals surface area contributed by atoms with Gasteiger partial charge in [0.1, 0.15) is 5.82 Å². The van der Waals surface area contributed by atoms with Crippen molar-refractivity contribution in [3.8, 4) is 0 Å². The summed E-state index contributed by atoms with van der Waals surface area (Å²) in [6, 6.07) is 9.29. The maximum atomic E-state index is 13.0. The van der Waals surface area contributed by atoms with Crippen LogP contribution in [0.3, 0.4) is 0 Å². The van der Waals surface area contributed by atoms with Crippen LogP contribution in [0.25, 0.3) is 0 Å². The molecular weight excluding hydrogens is 343 g/mol. The molecule has 0 bridgehead atoms. The lowest BCUT2D eigenvalue weighted by molar-refractivity contribution is -0.117. The largest absolute Gasteiger partial charge is 0.324 e. The lowest BCUT2D eigenvalue weighted by Crippen LogP contribution is -2.32. The Bertz CT molecular complexity index is 768. The monoisotopic (exact) mass is 362 g/mol. The summed E-state index contributed by atoms with van der Waals surface area (Å²) in [5.74, 6) is -0.847. The van der Waals surface area contributed by atoms with Crippen LogP contribution < -0.4 is 10.2 Å². The van der Waals surface area contributed by atoms with Gasteiger partial charge in [-0.3, -0.25) is 9.59 Å². The number of benzene rings is 2. The highest BCUT2D eigenvalue weighted by Gasteiger charge is 2.15. The molecule has 0 aliphatic heterocycles. The lowest BCUT2D eigenvalue weighted by Gasteiger charge is -2.21. The van der Waals surface area contributed by atoms with Gasteiger partial charge in [0.25, 0.3) is 0 Å². The van der Waals surface area contributed by atoms with E-state index in [4.69, 9.17) is 11.6 Å². The topological polar surface area (TPSA) is 49.4 Å². The van der Waals surface area contributed by atoms with E-state index in [1.807, 2.05) is 19.9 Å². The molecular formula is C19H20ClFN2O2. The Balaban J connectivity index is 2.05. The van der Waals surface area contributed by atoms with Gasteiger partial charge < -0.3 is 10.2 Å². The Morgan fingerprint density at radius 3 is 2.36 bits per heavy atom. The van der Waals surface area contributed by atoms with E-state index >= 15 is 0 Å². The second kappa shape index (κ2) is 8.12. The second-order valence-corrected chi connectivity index (χ2v) is 6.29. The number of amides is 2. The van der Waals surface area contributed by atoms with E-state index in [1.54, 1.807) is 6.07 Å². The van der Waals surface area contributed by atoms with Gasteiger partial charge in [-0.2, -0.15) is 0 Å². The van der Waals surface area contributed by atoms with Crippen LogP contribution in [0.4, 0.5) is 15.8 Å². The average molecular weight is 363 g/mol. The van der Waals surface area contributed by atoms with Crippen LogP contribution in [0, 0.1) is 19.7 Å². The number of nitrogens with one attached hydrogen (secondary N) is 1. The van der Waals surface area contributed by atoms with E-state index in [1.165, 1.54) is 36.1 Å². The summed E-state index contributed by atoms with van der Waals surface area (Å²) in [5, 5.41) is 3.27. The van der Waals surface area contributed by atoms with Crippen molar-refractivity contribution in [2.24, 2.45) is 0 Å². The Morgan fingerprint density at radius 1 is 1.16 bits per heavy atom. The molecule has 0 atom stereocenters. The maximum Gasteiger partial charge on any atom is 0.226 e. The SMILES string of the molecule is CC(=O)N(CCC(=O)Nc1c(C)cc(C)cc1Cl)c1ccc(F)cc1. The number of nitrogens with zero attached hydrogens (tertiary/aromatic N) is 1. The van der Waals surface area contributed by atoms with Gasteiger partial charge in [0.05, 0.1) is 10.7 Å². The zero-order valence-electron chi connectivity index (χ0n) is 14.4. The Labute approximate surface area is 151 Å². The summed E-state index contributed by atoms with van der Waals surface area (Å²) >= 11 is 6.19. The molecule has 25 heavy (non-hydrogen) atoms. The fraction of sp³-hybridized carbons (Fsp3) is 0.263. The first-order chi connectivity index (χ1) is 11.8. The van der Waals surface area contributed by atoms with E-state index in [9.17, 15) is 14.0 Å². The number of halogens is 2. The molecule has 132 valence electrons. The van der Waals surface area contributed by atoms with Gasteiger partial charge in [0.15, 0.2) is 0 Å². The van der Waals surface area contributed by atoms with Crippen molar-refractivity contribution in [1.29, 1.82) is 0 Å². The highest BCUT2D eigenvalue weighted by Crippen LogP contribution is 2.27.